The van der Waals surface area contributed by atoms with Gasteiger partial charge in [-0.25, -0.2) is 18.1 Å². The predicted molar refractivity (Wildman–Crippen MR) is 73.9 cm³/mol. The minimum atomic E-state index is -3.48. The number of nitrogens with two attached hydrogens (primary N) is 1. The molecule has 2 rings (SSSR count). The topological polar surface area (TPSA) is 85.1 Å². The van der Waals surface area contributed by atoms with Crippen LogP contribution in [0.1, 0.15) is 37.7 Å². The average Bonchev–Trinajstić information content (AvgIpc) is 2.92. The number of rotatable bonds is 6. The monoisotopic (exact) mass is 283 g/mol. The van der Waals surface area contributed by atoms with E-state index in [9.17, 15) is 8.42 Å². The van der Waals surface area contributed by atoms with Crippen LogP contribution in [-0.2, 0) is 16.6 Å². The molecular formula is C13H21N3O2S. The van der Waals surface area contributed by atoms with Gasteiger partial charge in [-0.2, -0.15) is 0 Å². The molecule has 106 valence electrons. The van der Waals surface area contributed by atoms with Crippen molar-refractivity contribution in [1.82, 2.24) is 9.71 Å². The van der Waals surface area contributed by atoms with Crippen molar-refractivity contribution in [3.05, 3.63) is 23.9 Å². The van der Waals surface area contributed by atoms with Gasteiger partial charge in [-0.05, 0) is 24.0 Å². The summed E-state index contributed by atoms with van der Waals surface area (Å²) in [5, 5.41) is 0.0659. The summed E-state index contributed by atoms with van der Waals surface area (Å²) in [6.07, 6.45) is 7.43. The number of nitrogens with one attached hydrogen (secondary N) is 1. The highest BCUT2D eigenvalue weighted by Gasteiger charge is 2.18. The molecule has 1 aromatic rings. The molecule has 1 aliphatic rings. The van der Waals surface area contributed by atoms with Crippen molar-refractivity contribution in [2.45, 2.75) is 43.7 Å². The van der Waals surface area contributed by atoms with Crippen LogP contribution in [0.3, 0.4) is 0 Å². The van der Waals surface area contributed by atoms with Gasteiger partial charge in [0.05, 0.1) is 0 Å². The zero-order chi connectivity index (χ0) is 13.7. The van der Waals surface area contributed by atoms with E-state index in [-0.39, 0.29) is 5.03 Å². The van der Waals surface area contributed by atoms with E-state index >= 15 is 0 Å². The van der Waals surface area contributed by atoms with Gasteiger partial charge >= 0.3 is 0 Å². The van der Waals surface area contributed by atoms with E-state index in [1.165, 1.54) is 37.9 Å². The van der Waals surface area contributed by atoms with Crippen LogP contribution in [0.2, 0.25) is 0 Å². The van der Waals surface area contributed by atoms with Crippen molar-refractivity contribution in [2.24, 2.45) is 11.7 Å². The molecule has 19 heavy (non-hydrogen) atoms. The maximum Gasteiger partial charge on any atom is 0.258 e. The number of hydrogen-bond donors (Lipinski definition) is 2. The van der Waals surface area contributed by atoms with Crippen molar-refractivity contribution < 1.29 is 8.42 Å². The SMILES string of the molecule is NCc1ccc(S(=O)(=O)NCCC2CCCC2)nc1. The van der Waals surface area contributed by atoms with Crippen LogP contribution in [0.25, 0.3) is 0 Å². The summed E-state index contributed by atoms with van der Waals surface area (Å²) >= 11 is 0. The highest BCUT2D eigenvalue weighted by molar-refractivity contribution is 7.89. The van der Waals surface area contributed by atoms with Crippen molar-refractivity contribution in [3.8, 4) is 0 Å². The first-order valence-corrected chi connectivity index (χ1v) is 8.25. The van der Waals surface area contributed by atoms with Crippen molar-refractivity contribution in [2.75, 3.05) is 6.54 Å². The Morgan fingerprint density at radius 3 is 2.63 bits per heavy atom. The van der Waals surface area contributed by atoms with E-state index in [1.54, 1.807) is 6.07 Å². The summed E-state index contributed by atoms with van der Waals surface area (Å²) in [6.45, 7) is 0.857. The van der Waals surface area contributed by atoms with Crippen LogP contribution in [0, 0.1) is 5.92 Å². The summed E-state index contributed by atoms with van der Waals surface area (Å²) < 4.78 is 26.6. The fourth-order valence-corrected chi connectivity index (χ4v) is 3.43. The lowest BCUT2D eigenvalue weighted by atomic mass is 10.1. The standard InChI is InChI=1S/C13H21N3O2S/c14-9-12-5-6-13(15-10-12)19(17,18)16-8-7-11-3-1-2-4-11/h5-6,10-11,16H,1-4,7-9,14H2. The van der Waals surface area contributed by atoms with Crippen LogP contribution < -0.4 is 10.5 Å². The molecule has 1 heterocycles. The minimum Gasteiger partial charge on any atom is -0.326 e. The first-order chi connectivity index (χ1) is 9.12. The van der Waals surface area contributed by atoms with Crippen LogP contribution in [0.15, 0.2) is 23.4 Å². The molecule has 5 nitrogen and oxygen atoms in total. The molecule has 1 fully saturated rings. The Morgan fingerprint density at radius 1 is 1.32 bits per heavy atom. The summed E-state index contributed by atoms with van der Waals surface area (Å²) in [5.41, 5.74) is 6.28. The van der Waals surface area contributed by atoms with Crippen LogP contribution in [0.4, 0.5) is 0 Å². The van der Waals surface area contributed by atoms with Crippen LogP contribution >= 0.6 is 0 Å². The summed E-state index contributed by atoms with van der Waals surface area (Å²) in [5.74, 6) is 0.676. The van der Waals surface area contributed by atoms with E-state index in [2.05, 4.69) is 9.71 Å². The third-order valence-electron chi connectivity index (χ3n) is 3.63. The second kappa shape index (κ2) is 6.45. The lowest BCUT2D eigenvalue weighted by Crippen LogP contribution is -2.26. The smallest absolute Gasteiger partial charge is 0.258 e. The van der Waals surface area contributed by atoms with E-state index < -0.39 is 10.0 Å². The zero-order valence-corrected chi connectivity index (χ0v) is 11.8. The number of nitrogens with zero attached hydrogens (tertiary/aromatic N) is 1. The quantitative estimate of drug-likeness (QED) is 0.826. The van der Waals surface area contributed by atoms with Gasteiger partial charge in [0.1, 0.15) is 0 Å². The third kappa shape index (κ3) is 3.99. The van der Waals surface area contributed by atoms with Crippen LogP contribution in [-0.4, -0.2) is 19.9 Å². The minimum absolute atomic E-state index is 0.0659. The molecule has 1 aromatic heterocycles. The number of sulfonamides is 1. The van der Waals surface area contributed by atoms with E-state index in [4.69, 9.17) is 5.73 Å². The highest BCUT2D eigenvalue weighted by Crippen LogP contribution is 2.27. The maximum absolute atomic E-state index is 12.0. The van der Waals surface area contributed by atoms with Crippen molar-refractivity contribution in [3.63, 3.8) is 0 Å². The van der Waals surface area contributed by atoms with E-state index in [0.29, 0.717) is 19.0 Å². The molecule has 0 saturated heterocycles. The Morgan fingerprint density at radius 2 is 2.05 bits per heavy atom. The largest absolute Gasteiger partial charge is 0.326 e. The lowest BCUT2D eigenvalue weighted by molar-refractivity contribution is 0.495. The molecule has 0 aromatic carbocycles. The van der Waals surface area contributed by atoms with Crippen molar-refractivity contribution in [1.29, 1.82) is 0 Å². The molecule has 0 amide bonds. The Balaban J connectivity index is 1.89. The molecule has 1 aliphatic carbocycles. The molecule has 0 radical (unpaired) electrons. The maximum atomic E-state index is 12.0. The molecule has 6 heteroatoms. The summed E-state index contributed by atoms with van der Waals surface area (Å²) in [7, 11) is -3.48. The average molecular weight is 283 g/mol. The van der Waals surface area contributed by atoms with Gasteiger partial charge in [0, 0.05) is 19.3 Å². The van der Waals surface area contributed by atoms with Gasteiger partial charge < -0.3 is 5.73 Å². The molecule has 0 unspecified atom stereocenters. The second-order valence-corrected chi connectivity index (χ2v) is 6.76. The highest BCUT2D eigenvalue weighted by atomic mass is 32.2. The van der Waals surface area contributed by atoms with Gasteiger partial charge in [-0.3, -0.25) is 0 Å². The van der Waals surface area contributed by atoms with Gasteiger partial charge in [0.25, 0.3) is 10.0 Å². The Kier molecular flexibility index (Phi) is 4.90. The Hall–Kier alpha value is -0.980. The van der Waals surface area contributed by atoms with Gasteiger partial charge in [0.2, 0.25) is 0 Å². The fourth-order valence-electron chi connectivity index (χ4n) is 2.46. The zero-order valence-electron chi connectivity index (χ0n) is 11.0. The van der Waals surface area contributed by atoms with Gasteiger partial charge in [0.15, 0.2) is 5.03 Å². The first kappa shape index (κ1) is 14.4. The number of aromatic nitrogens is 1. The van der Waals surface area contributed by atoms with E-state index in [1.807, 2.05) is 0 Å². The second-order valence-electron chi connectivity index (χ2n) is 5.05. The van der Waals surface area contributed by atoms with Gasteiger partial charge in [-0.1, -0.05) is 31.7 Å². The molecule has 3 N–H and O–H groups in total. The Labute approximate surface area is 114 Å². The molecule has 0 spiro atoms. The van der Waals surface area contributed by atoms with Gasteiger partial charge in [-0.15, -0.1) is 0 Å². The normalized spacial score (nSPS) is 16.9. The van der Waals surface area contributed by atoms with E-state index in [0.717, 1.165) is 12.0 Å². The number of hydrogen-bond acceptors (Lipinski definition) is 4. The first-order valence-electron chi connectivity index (χ1n) is 6.76. The lowest BCUT2D eigenvalue weighted by Gasteiger charge is -2.10. The fraction of sp³-hybridized carbons (Fsp3) is 0.615. The van der Waals surface area contributed by atoms with Crippen LogP contribution in [0.5, 0.6) is 0 Å². The molecular weight excluding hydrogens is 262 g/mol. The Bertz CT molecular complexity index is 493. The molecule has 0 aliphatic heterocycles. The molecule has 0 atom stereocenters. The number of pyridine rings is 1. The summed E-state index contributed by atoms with van der Waals surface area (Å²) in [4.78, 5) is 3.94. The predicted octanol–water partition coefficient (Wildman–Crippen LogP) is 1.40. The third-order valence-corrected chi connectivity index (χ3v) is 5.00. The molecule has 0 bridgehead atoms. The van der Waals surface area contributed by atoms with Crippen molar-refractivity contribution >= 4 is 10.0 Å². The molecule has 1 saturated carbocycles. The summed E-state index contributed by atoms with van der Waals surface area (Å²) in [6, 6.07) is 3.19.